The zero-order valence-corrected chi connectivity index (χ0v) is 10.9. The third-order valence-electron chi connectivity index (χ3n) is 2.31. The highest BCUT2D eigenvalue weighted by Gasteiger charge is 2.12. The number of rotatable bonds is 8. The summed E-state index contributed by atoms with van der Waals surface area (Å²) in [5.74, 6) is 2.01. The lowest BCUT2D eigenvalue weighted by molar-refractivity contribution is -0.136. The van der Waals surface area contributed by atoms with Crippen molar-refractivity contribution < 1.29 is 14.6 Å². The first-order valence-electron chi connectivity index (χ1n) is 5.67. The molecule has 4 heteroatoms. The van der Waals surface area contributed by atoms with Gasteiger partial charge in [-0.15, -0.1) is 0 Å². The van der Waals surface area contributed by atoms with E-state index in [1.165, 1.54) is 0 Å². The van der Waals surface area contributed by atoms with E-state index in [0.29, 0.717) is 6.61 Å². The number of aliphatic carboxylic acids is 1. The molecule has 0 fully saturated rings. The van der Waals surface area contributed by atoms with Crippen molar-refractivity contribution in [3.63, 3.8) is 0 Å². The van der Waals surface area contributed by atoms with Gasteiger partial charge in [-0.2, -0.15) is 0 Å². The molecule has 1 unspecified atom stereocenters. The number of ether oxygens (including phenoxy) is 1. The maximum Gasteiger partial charge on any atom is 0.308 e. The van der Waals surface area contributed by atoms with Crippen LogP contribution in [0.4, 0.5) is 0 Å². The molecule has 0 amide bonds. The lowest BCUT2D eigenvalue weighted by Gasteiger charge is -2.05. The van der Waals surface area contributed by atoms with E-state index in [1.807, 2.05) is 30.3 Å². The first-order valence-corrected chi connectivity index (χ1v) is 7.64. The summed E-state index contributed by atoms with van der Waals surface area (Å²) in [6, 6.07) is 9.74. The summed E-state index contributed by atoms with van der Waals surface area (Å²) in [7, 11) is 0.191. The molecule has 1 N–H and O–H groups in total. The van der Waals surface area contributed by atoms with Gasteiger partial charge in [0.05, 0.1) is 19.3 Å². The fourth-order valence-electron chi connectivity index (χ4n) is 1.38. The normalized spacial score (nSPS) is 12.1. The van der Waals surface area contributed by atoms with Crippen LogP contribution in [-0.2, 0) is 15.7 Å². The van der Waals surface area contributed by atoms with Gasteiger partial charge >= 0.3 is 5.97 Å². The smallest absolute Gasteiger partial charge is 0.308 e. The van der Waals surface area contributed by atoms with Crippen molar-refractivity contribution in [1.29, 1.82) is 0 Å². The molecule has 1 atom stereocenters. The zero-order valence-electron chi connectivity index (χ0n) is 10.1. The summed E-state index contributed by atoms with van der Waals surface area (Å²) >= 11 is 0. The van der Waals surface area contributed by atoms with E-state index in [-0.39, 0.29) is 17.3 Å². The van der Waals surface area contributed by atoms with E-state index in [1.54, 1.807) is 0 Å². The van der Waals surface area contributed by atoms with Gasteiger partial charge in [-0.3, -0.25) is 4.79 Å². The van der Waals surface area contributed by atoms with Crippen molar-refractivity contribution in [3.8, 4) is 5.75 Å². The second-order valence-electron chi connectivity index (χ2n) is 3.85. The Kier molecular flexibility index (Phi) is 6.55. The highest BCUT2D eigenvalue weighted by Crippen LogP contribution is 2.08. The van der Waals surface area contributed by atoms with E-state index in [9.17, 15) is 4.79 Å². The summed E-state index contributed by atoms with van der Waals surface area (Å²) in [5, 5.41) is 8.56. The topological polar surface area (TPSA) is 46.5 Å². The lowest BCUT2D eigenvalue weighted by Crippen LogP contribution is -2.15. The third kappa shape index (κ3) is 6.89. The van der Waals surface area contributed by atoms with Gasteiger partial charge in [0, 0.05) is 6.42 Å². The zero-order chi connectivity index (χ0) is 12.5. The van der Waals surface area contributed by atoms with E-state index in [4.69, 9.17) is 9.84 Å². The molecule has 0 saturated carbocycles. The van der Waals surface area contributed by atoms with Crippen LogP contribution in [0.25, 0.3) is 0 Å². The van der Waals surface area contributed by atoms with Crippen molar-refractivity contribution in [2.75, 3.05) is 24.4 Å². The minimum absolute atomic E-state index is 0.191. The Morgan fingerprint density at radius 1 is 1.29 bits per heavy atom. The van der Waals surface area contributed by atoms with Gasteiger partial charge in [-0.05, 0) is 23.0 Å². The van der Waals surface area contributed by atoms with Gasteiger partial charge < -0.3 is 9.84 Å². The molecule has 0 bridgehead atoms. The van der Waals surface area contributed by atoms with Gasteiger partial charge in [0.1, 0.15) is 17.3 Å². The summed E-state index contributed by atoms with van der Waals surface area (Å²) in [6.07, 6.45) is 3.37. The molecule has 0 aliphatic heterocycles. The van der Waals surface area contributed by atoms with Crippen molar-refractivity contribution in [3.05, 3.63) is 30.3 Å². The molecule has 94 valence electrons. The lowest BCUT2D eigenvalue weighted by atomic mass is 10.3. The molecule has 1 rings (SSSR count). The largest absolute Gasteiger partial charge is 0.493 e. The summed E-state index contributed by atoms with van der Waals surface area (Å²) < 4.78 is 5.57. The van der Waals surface area contributed by atoms with E-state index < -0.39 is 5.97 Å². The maximum atomic E-state index is 10.4. The van der Waals surface area contributed by atoms with Crippen LogP contribution in [0.1, 0.15) is 12.8 Å². The molecule has 0 radical (unpaired) electrons. The highest BCUT2D eigenvalue weighted by atomic mass is 32.2. The van der Waals surface area contributed by atoms with Crippen LogP contribution in [0.2, 0.25) is 0 Å². The molecule has 3 nitrogen and oxygen atoms in total. The van der Waals surface area contributed by atoms with E-state index >= 15 is 0 Å². The number of hydrogen-bond donors (Lipinski definition) is 1. The predicted octanol–water partition coefficient (Wildman–Crippen LogP) is 2.18. The van der Waals surface area contributed by atoms with Gasteiger partial charge in [0.25, 0.3) is 0 Å². The van der Waals surface area contributed by atoms with E-state index in [2.05, 4.69) is 6.26 Å². The number of carboxylic acid groups (broad SMARTS) is 1. The Labute approximate surface area is 105 Å². The van der Waals surface area contributed by atoms with Crippen LogP contribution in [0, 0.1) is 0 Å². The Bertz CT molecular complexity index is 327. The first-order chi connectivity index (χ1) is 8.18. The SMILES string of the molecule is C[S+](CCCOc1ccccc1)CCC(=O)O. The van der Waals surface area contributed by atoms with Crippen LogP contribution in [-0.4, -0.2) is 35.4 Å². The minimum atomic E-state index is -0.704. The van der Waals surface area contributed by atoms with Crippen LogP contribution >= 0.6 is 0 Å². The van der Waals surface area contributed by atoms with Gasteiger partial charge in [0.2, 0.25) is 0 Å². The Balaban J connectivity index is 2.06. The second kappa shape index (κ2) is 8.01. The predicted molar refractivity (Wildman–Crippen MR) is 71.8 cm³/mol. The summed E-state index contributed by atoms with van der Waals surface area (Å²) in [5.41, 5.74) is 0. The summed E-state index contributed by atoms with van der Waals surface area (Å²) in [4.78, 5) is 10.4. The second-order valence-corrected chi connectivity index (χ2v) is 6.23. The third-order valence-corrected chi connectivity index (χ3v) is 4.20. The fourth-order valence-corrected chi connectivity index (χ4v) is 2.71. The average Bonchev–Trinajstić information content (AvgIpc) is 2.33. The Hall–Kier alpha value is -1.16. The van der Waals surface area contributed by atoms with Crippen molar-refractivity contribution in [2.24, 2.45) is 0 Å². The number of hydrogen-bond acceptors (Lipinski definition) is 2. The minimum Gasteiger partial charge on any atom is -0.493 e. The maximum absolute atomic E-state index is 10.4. The van der Waals surface area contributed by atoms with Gasteiger partial charge in [-0.1, -0.05) is 18.2 Å². The van der Waals surface area contributed by atoms with Crippen molar-refractivity contribution in [2.45, 2.75) is 12.8 Å². The Morgan fingerprint density at radius 3 is 2.65 bits per heavy atom. The molecule has 0 aliphatic carbocycles. The molecule has 1 aromatic rings. The van der Waals surface area contributed by atoms with Crippen molar-refractivity contribution >= 4 is 16.9 Å². The molecule has 0 aliphatic rings. The number of carboxylic acids is 1. The number of benzene rings is 1. The molecule has 1 aromatic carbocycles. The Morgan fingerprint density at radius 2 is 2.00 bits per heavy atom. The summed E-state index contributed by atoms with van der Waals surface area (Å²) in [6.45, 7) is 0.703. The van der Waals surface area contributed by atoms with Crippen LogP contribution in [0.15, 0.2) is 30.3 Å². The molecule has 0 spiro atoms. The molecule has 17 heavy (non-hydrogen) atoms. The standard InChI is InChI=1S/C13H18O3S/c1-17(11-8-13(14)15)10-5-9-16-12-6-3-2-4-7-12/h2-4,6-7H,5,8-11H2,1H3/p+1. The van der Waals surface area contributed by atoms with Crippen molar-refractivity contribution in [1.82, 2.24) is 0 Å². The molecular weight excluding hydrogens is 236 g/mol. The number of carbonyl (C=O) groups is 1. The van der Waals surface area contributed by atoms with Gasteiger partial charge in [0.15, 0.2) is 0 Å². The van der Waals surface area contributed by atoms with Gasteiger partial charge in [-0.25, -0.2) is 0 Å². The van der Waals surface area contributed by atoms with Crippen LogP contribution < -0.4 is 4.74 Å². The van der Waals surface area contributed by atoms with Crippen LogP contribution in [0.5, 0.6) is 5.75 Å². The highest BCUT2D eigenvalue weighted by molar-refractivity contribution is 7.96. The fraction of sp³-hybridized carbons (Fsp3) is 0.462. The average molecular weight is 255 g/mol. The molecular formula is C13H19O3S+. The molecule has 0 aromatic heterocycles. The molecule has 0 saturated heterocycles. The first kappa shape index (κ1) is 13.9. The molecule has 0 heterocycles. The van der Waals surface area contributed by atoms with E-state index in [0.717, 1.165) is 23.7 Å². The number of para-hydroxylation sites is 1. The van der Waals surface area contributed by atoms with Crippen LogP contribution in [0.3, 0.4) is 0 Å². The quantitative estimate of drug-likeness (QED) is 0.572. The monoisotopic (exact) mass is 255 g/mol.